The lowest BCUT2D eigenvalue weighted by atomic mass is 10.1. The summed E-state index contributed by atoms with van der Waals surface area (Å²) in [5.74, 6) is 0. The molecule has 0 fully saturated rings. The first kappa shape index (κ1) is 8.63. The molecular formula is C10H12N2. The van der Waals surface area contributed by atoms with E-state index in [0.717, 1.165) is 12.1 Å². The summed E-state index contributed by atoms with van der Waals surface area (Å²) < 4.78 is 0. The average Bonchev–Trinajstić information content (AvgIpc) is 2.09. The molecule has 0 radical (unpaired) electrons. The Morgan fingerprint density at radius 1 is 1.33 bits per heavy atom. The van der Waals surface area contributed by atoms with Crippen molar-refractivity contribution in [3.63, 3.8) is 0 Å². The summed E-state index contributed by atoms with van der Waals surface area (Å²) >= 11 is 0. The summed E-state index contributed by atoms with van der Waals surface area (Å²) in [7, 11) is 0. The van der Waals surface area contributed by atoms with Gasteiger partial charge in [-0.25, -0.2) is 0 Å². The van der Waals surface area contributed by atoms with E-state index in [-0.39, 0.29) is 0 Å². The van der Waals surface area contributed by atoms with Crippen molar-refractivity contribution in [2.45, 2.75) is 6.42 Å². The van der Waals surface area contributed by atoms with Crippen molar-refractivity contribution in [1.82, 2.24) is 0 Å². The predicted octanol–water partition coefficient (Wildman–Crippen LogP) is 1.19. The van der Waals surface area contributed by atoms with Crippen LogP contribution in [0.15, 0.2) is 24.3 Å². The first-order valence-electron chi connectivity index (χ1n) is 3.87. The fourth-order valence-corrected chi connectivity index (χ4v) is 1.00. The predicted molar refractivity (Wildman–Crippen MR) is 51.7 cm³/mol. The van der Waals surface area contributed by atoms with Gasteiger partial charge in [0.1, 0.15) is 0 Å². The van der Waals surface area contributed by atoms with Crippen LogP contribution in [-0.4, -0.2) is 6.54 Å². The quantitative estimate of drug-likeness (QED) is 0.515. The van der Waals surface area contributed by atoms with E-state index in [1.54, 1.807) is 0 Å². The van der Waals surface area contributed by atoms with Crippen LogP contribution < -0.4 is 11.1 Å². The monoisotopic (exact) mass is 160 g/mol. The van der Waals surface area contributed by atoms with Crippen LogP contribution in [0, 0.1) is 12.5 Å². The molecule has 0 amide bonds. The number of nitrogens with one attached hydrogen (secondary N) is 1. The van der Waals surface area contributed by atoms with Crippen molar-refractivity contribution in [3.8, 4) is 12.5 Å². The fourth-order valence-electron chi connectivity index (χ4n) is 1.00. The van der Waals surface area contributed by atoms with Gasteiger partial charge in [-0.3, -0.25) is 0 Å². The van der Waals surface area contributed by atoms with Crippen LogP contribution in [0.2, 0.25) is 0 Å². The van der Waals surface area contributed by atoms with Crippen LogP contribution in [0.4, 0.5) is 5.69 Å². The third kappa shape index (κ3) is 2.30. The van der Waals surface area contributed by atoms with E-state index in [2.05, 4.69) is 11.4 Å². The molecule has 0 aliphatic rings. The molecule has 0 heterocycles. The summed E-state index contributed by atoms with van der Waals surface area (Å²) in [5, 5.41) is 2.77. The number of terminal acetylenes is 1. The van der Waals surface area contributed by atoms with E-state index in [1.165, 1.54) is 5.56 Å². The largest absolute Gasteiger partial charge is 0.330 e. The van der Waals surface area contributed by atoms with Gasteiger partial charge in [0, 0.05) is 11.7 Å². The molecular weight excluding hydrogens is 148 g/mol. The molecule has 0 saturated carbocycles. The molecule has 3 N–H and O–H groups in total. The smallest absolute Gasteiger partial charge is 0.0459 e. The molecule has 62 valence electrons. The van der Waals surface area contributed by atoms with Gasteiger partial charge < -0.3 is 11.1 Å². The van der Waals surface area contributed by atoms with Crippen LogP contribution in [0.3, 0.4) is 0 Å². The van der Waals surface area contributed by atoms with Gasteiger partial charge in [-0.15, -0.1) is 0 Å². The van der Waals surface area contributed by atoms with E-state index >= 15 is 0 Å². The molecule has 1 aromatic carbocycles. The Labute approximate surface area is 72.8 Å². The second kappa shape index (κ2) is 4.42. The molecule has 1 rings (SSSR count). The van der Waals surface area contributed by atoms with Crippen molar-refractivity contribution in [2.24, 2.45) is 5.73 Å². The topological polar surface area (TPSA) is 38.0 Å². The van der Waals surface area contributed by atoms with Crippen molar-refractivity contribution in [3.05, 3.63) is 29.8 Å². The second-order valence-electron chi connectivity index (χ2n) is 2.50. The number of hydrogen-bond acceptors (Lipinski definition) is 2. The maximum atomic E-state index is 5.41. The second-order valence-corrected chi connectivity index (χ2v) is 2.50. The Hall–Kier alpha value is -1.46. The molecule has 0 bridgehead atoms. The SMILES string of the molecule is C#CNc1ccc(CCN)cc1. The van der Waals surface area contributed by atoms with Gasteiger partial charge in [-0.05, 0) is 30.7 Å². The molecule has 0 saturated heterocycles. The van der Waals surface area contributed by atoms with E-state index in [0.29, 0.717) is 6.54 Å². The van der Waals surface area contributed by atoms with Crippen LogP contribution in [0.25, 0.3) is 0 Å². The van der Waals surface area contributed by atoms with Gasteiger partial charge in [0.2, 0.25) is 0 Å². The third-order valence-corrected chi connectivity index (χ3v) is 1.60. The minimum atomic E-state index is 0.682. The zero-order chi connectivity index (χ0) is 8.81. The van der Waals surface area contributed by atoms with Crippen LogP contribution in [0.1, 0.15) is 5.56 Å². The highest BCUT2D eigenvalue weighted by Crippen LogP contribution is 2.08. The van der Waals surface area contributed by atoms with Gasteiger partial charge in [-0.2, -0.15) is 0 Å². The Bertz CT molecular complexity index is 269. The Morgan fingerprint density at radius 3 is 2.50 bits per heavy atom. The molecule has 2 heteroatoms. The first-order chi connectivity index (χ1) is 5.86. The molecule has 0 aliphatic carbocycles. The summed E-state index contributed by atoms with van der Waals surface area (Å²) in [6.45, 7) is 0.682. The number of hydrogen-bond donors (Lipinski definition) is 2. The zero-order valence-electron chi connectivity index (χ0n) is 6.88. The van der Waals surface area contributed by atoms with Gasteiger partial charge >= 0.3 is 0 Å². The Balaban J connectivity index is 2.66. The average molecular weight is 160 g/mol. The van der Waals surface area contributed by atoms with E-state index in [9.17, 15) is 0 Å². The normalized spacial score (nSPS) is 9.00. The van der Waals surface area contributed by atoms with Gasteiger partial charge in [0.25, 0.3) is 0 Å². The maximum Gasteiger partial charge on any atom is 0.0459 e. The number of benzene rings is 1. The lowest BCUT2D eigenvalue weighted by Gasteiger charge is -2.00. The van der Waals surface area contributed by atoms with Crippen LogP contribution >= 0.6 is 0 Å². The zero-order valence-corrected chi connectivity index (χ0v) is 6.88. The summed E-state index contributed by atoms with van der Waals surface area (Å²) in [5.41, 5.74) is 7.59. The fraction of sp³-hybridized carbons (Fsp3) is 0.200. The highest BCUT2D eigenvalue weighted by molar-refractivity contribution is 5.48. The number of nitrogens with two attached hydrogens (primary N) is 1. The first-order valence-corrected chi connectivity index (χ1v) is 3.87. The molecule has 0 aliphatic heterocycles. The van der Waals surface area contributed by atoms with Crippen LogP contribution in [0.5, 0.6) is 0 Å². The number of rotatable bonds is 3. The maximum absolute atomic E-state index is 5.41. The minimum Gasteiger partial charge on any atom is -0.330 e. The highest BCUT2D eigenvalue weighted by Gasteiger charge is 1.91. The number of anilines is 1. The van der Waals surface area contributed by atoms with Crippen molar-refractivity contribution in [2.75, 3.05) is 11.9 Å². The standard InChI is InChI=1S/C10H12N2/c1-2-12-10-5-3-9(4-6-10)7-8-11/h1,3-6,12H,7-8,11H2. The molecule has 12 heavy (non-hydrogen) atoms. The van der Waals surface area contributed by atoms with Gasteiger partial charge in [0.15, 0.2) is 0 Å². The molecule has 2 nitrogen and oxygen atoms in total. The van der Waals surface area contributed by atoms with Crippen molar-refractivity contribution >= 4 is 5.69 Å². The van der Waals surface area contributed by atoms with Gasteiger partial charge in [-0.1, -0.05) is 18.6 Å². The molecule has 0 atom stereocenters. The van der Waals surface area contributed by atoms with Crippen molar-refractivity contribution < 1.29 is 0 Å². The van der Waals surface area contributed by atoms with Gasteiger partial charge in [0.05, 0.1) is 0 Å². The molecule has 1 aromatic rings. The van der Waals surface area contributed by atoms with E-state index in [4.69, 9.17) is 12.2 Å². The Morgan fingerprint density at radius 2 is 2.00 bits per heavy atom. The molecule has 0 aromatic heterocycles. The highest BCUT2D eigenvalue weighted by atomic mass is 14.8. The molecule has 0 spiro atoms. The van der Waals surface area contributed by atoms with E-state index in [1.807, 2.05) is 24.3 Å². The van der Waals surface area contributed by atoms with Crippen molar-refractivity contribution in [1.29, 1.82) is 0 Å². The van der Waals surface area contributed by atoms with Crippen LogP contribution in [-0.2, 0) is 6.42 Å². The third-order valence-electron chi connectivity index (χ3n) is 1.60. The molecule has 0 unspecified atom stereocenters. The lowest BCUT2D eigenvalue weighted by Crippen LogP contribution is -2.02. The Kier molecular flexibility index (Phi) is 3.18. The summed E-state index contributed by atoms with van der Waals surface area (Å²) in [6, 6.07) is 10.3. The summed E-state index contributed by atoms with van der Waals surface area (Å²) in [6.07, 6.45) is 5.99. The summed E-state index contributed by atoms with van der Waals surface area (Å²) in [4.78, 5) is 0. The lowest BCUT2D eigenvalue weighted by molar-refractivity contribution is 0.969. The minimum absolute atomic E-state index is 0.682. The van der Waals surface area contributed by atoms with E-state index < -0.39 is 0 Å².